The summed E-state index contributed by atoms with van der Waals surface area (Å²) in [6.07, 6.45) is 7.43. The largest absolute Gasteiger partial charge is 0.321 e. The summed E-state index contributed by atoms with van der Waals surface area (Å²) in [5.41, 5.74) is 9.03. The molecule has 2 heteroatoms. The van der Waals surface area contributed by atoms with Gasteiger partial charge in [-0.05, 0) is 48.8 Å². The molecule has 1 fully saturated rings. The van der Waals surface area contributed by atoms with Gasteiger partial charge in [0.15, 0.2) is 0 Å². The van der Waals surface area contributed by atoms with Gasteiger partial charge in [0.25, 0.3) is 0 Å². The van der Waals surface area contributed by atoms with Crippen LogP contribution < -0.4 is 5.73 Å². The molecule has 1 heterocycles. The van der Waals surface area contributed by atoms with E-state index in [4.69, 9.17) is 5.73 Å². The summed E-state index contributed by atoms with van der Waals surface area (Å²) in [5.74, 6) is 1.27. The molecule has 2 N–H and O–H groups in total. The fourth-order valence-corrected chi connectivity index (χ4v) is 3.00. The summed E-state index contributed by atoms with van der Waals surface area (Å²) in [6, 6.07) is 2.07. The van der Waals surface area contributed by atoms with Crippen molar-refractivity contribution < 1.29 is 0 Å². The van der Waals surface area contributed by atoms with Crippen molar-refractivity contribution in [2.45, 2.75) is 45.6 Å². The van der Waals surface area contributed by atoms with Gasteiger partial charge in [0, 0.05) is 17.9 Å². The minimum Gasteiger partial charge on any atom is -0.321 e. The lowest BCUT2D eigenvalue weighted by Gasteiger charge is -2.43. The van der Waals surface area contributed by atoms with E-state index < -0.39 is 0 Å². The monoisotopic (exact) mass is 218 g/mol. The third-order valence-corrected chi connectivity index (χ3v) is 4.20. The molecular formula is C14H22N2. The van der Waals surface area contributed by atoms with Crippen LogP contribution in [0.3, 0.4) is 0 Å². The number of nitrogens with zero attached hydrogens (tertiary/aromatic N) is 1. The summed E-state index contributed by atoms with van der Waals surface area (Å²) in [6.45, 7) is 6.72. The van der Waals surface area contributed by atoms with E-state index >= 15 is 0 Å². The SMILES string of the molecule is Cc1ccncc1C1(N)CC(C)CCC1C. The number of aromatic nitrogens is 1. The van der Waals surface area contributed by atoms with Crippen LogP contribution in [0.1, 0.15) is 44.2 Å². The van der Waals surface area contributed by atoms with Gasteiger partial charge in [-0.15, -0.1) is 0 Å². The molecule has 0 aromatic carbocycles. The Bertz CT molecular complexity index is 375. The van der Waals surface area contributed by atoms with Crippen molar-refractivity contribution in [1.82, 2.24) is 4.98 Å². The van der Waals surface area contributed by atoms with Crippen LogP contribution in [0.4, 0.5) is 0 Å². The summed E-state index contributed by atoms with van der Waals surface area (Å²) < 4.78 is 0. The molecule has 1 saturated carbocycles. The molecule has 2 rings (SSSR count). The molecule has 0 spiro atoms. The Kier molecular flexibility index (Phi) is 3.02. The van der Waals surface area contributed by atoms with Crippen molar-refractivity contribution in [3.63, 3.8) is 0 Å². The second-order valence-corrected chi connectivity index (χ2v) is 5.52. The Balaban J connectivity index is 2.40. The van der Waals surface area contributed by atoms with Gasteiger partial charge >= 0.3 is 0 Å². The van der Waals surface area contributed by atoms with Gasteiger partial charge in [-0.2, -0.15) is 0 Å². The zero-order valence-corrected chi connectivity index (χ0v) is 10.5. The fraction of sp³-hybridized carbons (Fsp3) is 0.643. The van der Waals surface area contributed by atoms with Crippen LogP contribution in [-0.2, 0) is 5.54 Å². The van der Waals surface area contributed by atoms with Crippen LogP contribution in [-0.4, -0.2) is 4.98 Å². The lowest BCUT2D eigenvalue weighted by molar-refractivity contribution is 0.161. The van der Waals surface area contributed by atoms with E-state index in [1.165, 1.54) is 24.0 Å². The molecule has 2 nitrogen and oxygen atoms in total. The molecule has 0 amide bonds. The maximum atomic E-state index is 6.68. The molecule has 0 bridgehead atoms. The van der Waals surface area contributed by atoms with E-state index in [9.17, 15) is 0 Å². The molecular weight excluding hydrogens is 196 g/mol. The zero-order chi connectivity index (χ0) is 11.8. The molecule has 16 heavy (non-hydrogen) atoms. The molecule has 1 aliphatic carbocycles. The van der Waals surface area contributed by atoms with Crippen molar-refractivity contribution in [1.29, 1.82) is 0 Å². The highest BCUT2D eigenvalue weighted by Crippen LogP contribution is 2.42. The highest BCUT2D eigenvalue weighted by molar-refractivity contribution is 5.30. The summed E-state index contributed by atoms with van der Waals surface area (Å²) in [5, 5.41) is 0. The van der Waals surface area contributed by atoms with Gasteiger partial charge in [0.05, 0.1) is 0 Å². The number of hydrogen-bond acceptors (Lipinski definition) is 2. The highest BCUT2D eigenvalue weighted by atomic mass is 14.8. The van der Waals surface area contributed by atoms with E-state index in [1.54, 1.807) is 0 Å². The first kappa shape index (κ1) is 11.6. The average Bonchev–Trinajstić information content (AvgIpc) is 2.24. The standard InChI is InChI=1S/C14H22N2/c1-10-4-5-12(3)14(15,8-10)13-9-16-7-6-11(13)2/h6-7,9-10,12H,4-5,8,15H2,1-3H3. The van der Waals surface area contributed by atoms with Crippen LogP contribution in [0.15, 0.2) is 18.5 Å². The van der Waals surface area contributed by atoms with Crippen molar-refractivity contribution >= 4 is 0 Å². The molecule has 0 radical (unpaired) electrons. The average molecular weight is 218 g/mol. The summed E-state index contributed by atoms with van der Waals surface area (Å²) >= 11 is 0. The van der Waals surface area contributed by atoms with E-state index in [-0.39, 0.29) is 5.54 Å². The first-order chi connectivity index (χ1) is 7.54. The fourth-order valence-electron chi connectivity index (χ4n) is 3.00. The summed E-state index contributed by atoms with van der Waals surface area (Å²) in [7, 11) is 0. The molecule has 0 saturated heterocycles. The maximum Gasteiger partial charge on any atom is 0.0456 e. The number of aryl methyl sites for hydroxylation is 1. The van der Waals surface area contributed by atoms with Gasteiger partial charge in [0.2, 0.25) is 0 Å². The number of rotatable bonds is 1. The third kappa shape index (κ3) is 1.86. The molecule has 88 valence electrons. The second kappa shape index (κ2) is 4.17. The van der Waals surface area contributed by atoms with Crippen LogP contribution in [0.5, 0.6) is 0 Å². The zero-order valence-electron chi connectivity index (χ0n) is 10.5. The van der Waals surface area contributed by atoms with Gasteiger partial charge in [-0.25, -0.2) is 0 Å². The minimum atomic E-state index is -0.171. The van der Waals surface area contributed by atoms with Gasteiger partial charge in [-0.3, -0.25) is 4.98 Å². The Hall–Kier alpha value is -0.890. The Labute approximate surface area is 98.3 Å². The van der Waals surface area contributed by atoms with Crippen molar-refractivity contribution in [3.05, 3.63) is 29.6 Å². The number of hydrogen-bond donors (Lipinski definition) is 1. The van der Waals surface area contributed by atoms with Gasteiger partial charge in [0.1, 0.15) is 0 Å². The molecule has 3 unspecified atom stereocenters. The lowest BCUT2D eigenvalue weighted by atomic mass is 9.66. The molecule has 0 aliphatic heterocycles. The molecule has 1 aliphatic rings. The van der Waals surface area contributed by atoms with E-state index in [0.717, 1.165) is 12.3 Å². The van der Waals surface area contributed by atoms with Crippen LogP contribution in [0, 0.1) is 18.8 Å². The normalized spacial score (nSPS) is 35.0. The maximum absolute atomic E-state index is 6.68. The Morgan fingerprint density at radius 3 is 2.81 bits per heavy atom. The van der Waals surface area contributed by atoms with Gasteiger partial charge < -0.3 is 5.73 Å². The number of pyridine rings is 1. The number of nitrogens with two attached hydrogens (primary N) is 1. The van der Waals surface area contributed by atoms with Crippen LogP contribution in [0.25, 0.3) is 0 Å². The van der Waals surface area contributed by atoms with E-state index in [0.29, 0.717) is 5.92 Å². The van der Waals surface area contributed by atoms with Crippen molar-refractivity contribution in [3.8, 4) is 0 Å². The van der Waals surface area contributed by atoms with Crippen LogP contribution >= 0.6 is 0 Å². The summed E-state index contributed by atoms with van der Waals surface area (Å²) in [4.78, 5) is 4.25. The minimum absolute atomic E-state index is 0.171. The first-order valence-corrected chi connectivity index (χ1v) is 6.24. The second-order valence-electron chi connectivity index (χ2n) is 5.52. The van der Waals surface area contributed by atoms with Crippen molar-refractivity contribution in [2.24, 2.45) is 17.6 Å². The Morgan fingerprint density at radius 1 is 1.38 bits per heavy atom. The molecule has 1 aromatic rings. The molecule has 3 atom stereocenters. The predicted molar refractivity (Wildman–Crippen MR) is 67.0 cm³/mol. The smallest absolute Gasteiger partial charge is 0.0456 e. The highest BCUT2D eigenvalue weighted by Gasteiger charge is 2.39. The third-order valence-electron chi connectivity index (χ3n) is 4.20. The Morgan fingerprint density at radius 2 is 2.12 bits per heavy atom. The lowest BCUT2D eigenvalue weighted by Crippen LogP contribution is -2.47. The molecule has 1 aromatic heterocycles. The topological polar surface area (TPSA) is 38.9 Å². The van der Waals surface area contributed by atoms with E-state index in [1.807, 2.05) is 12.4 Å². The van der Waals surface area contributed by atoms with Crippen LogP contribution in [0.2, 0.25) is 0 Å². The predicted octanol–water partition coefficient (Wildman–Crippen LogP) is 3.00. The first-order valence-electron chi connectivity index (χ1n) is 6.24. The van der Waals surface area contributed by atoms with Gasteiger partial charge in [-0.1, -0.05) is 20.3 Å². The van der Waals surface area contributed by atoms with E-state index in [2.05, 4.69) is 31.8 Å². The quantitative estimate of drug-likeness (QED) is 0.787. The van der Waals surface area contributed by atoms with Crippen molar-refractivity contribution in [2.75, 3.05) is 0 Å².